The van der Waals surface area contributed by atoms with Crippen LogP contribution in [-0.2, 0) is 43.9 Å². The summed E-state index contributed by atoms with van der Waals surface area (Å²) in [6.07, 6.45) is 20.6. The molecule has 0 aromatic rings. The lowest BCUT2D eigenvalue weighted by atomic mass is 9.72. The van der Waals surface area contributed by atoms with E-state index in [2.05, 4.69) is 32.7 Å². The Morgan fingerprint density at radius 2 is 0.569 bits per heavy atom. The first kappa shape index (κ1) is 51.7. The first-order valence-corrected chi connectivity index (χ1v) is 32.1. The van der Waals surface area contributed by atoms with Gasteiger partial charge in [-0.3, -0.25) is 0 Å². The average Bonchev–Trinajstić information content (AvgIpc) is 3.10. The van der Waals surface area contributed by atoms with E-state index in [1.165, 1.54) is 76.7 Å². The minimum atomic E-state index is -2.67. The van der Waals surface area contributed by atoms with Crippen molar-refractivity contribution in [2.45, 2.75) is 166 Å². The van der Waals surface area contributed by atoms with Crippen molar-refractivity contribution in [2.24, 2.45) is 5.41 Å². The van der Waals surface area contributed by atoms with Gasteiger partial charge in [0, 0.05) is 82.1 Å². The summed E-state index contributed by atoms with van der Waals surface area (Å²) in [6, 6.07) is 3.69. The van der Waals surface area contributed by atoms with Crippen molar-refractivity contribution in [3.8, 4) is 0 Å². The van der Waals surface area contributed by atoms with E-state index in [0.717, 1.165) is 56.7 Å². The molecule has 0 N–H and O–H groups in total. The van der Waals surface area contributed by atoms with E-state index in [1.54, 1.807) is 64.0 Å². The molecule has 0 bridgehead atoms. The number of rotatable bonds is 36. The molecule has 15 heteroatoms. The van der Waals surface area contributed by atoms with Gasteiger partial charge >= 0.3 is 26.4 Å². The second-order valence-electron chi connectivity index (χ2n) is 16.0. The second-order valence-corrected chi connectivity index (χ2v) is 34.3. The Labute approximate surface area is 321 Å². The lowest BCUT2D eigenvalue weighted by Crippen LogP contribution is -2.43. The molecule has 0 aliphatic carbocycles. The maximum Gasteiger partial charge on any atom is 0.500 e. The van der Waals surface area contributed by atoms with Crippen molar-refractivity contribution >= 4 is 43.0 Å². The molecule has 51 heavy (non-hydrogen) atoms. The zero-order chi connectivity index (χ0) is 38.9. The van der Waals surface area contributed by atoms with Gasteiger partial charge in [-0.1, -0.05) is 64.2 Å². The van der Waals surface area contributed by atoms with Crippen molar-refractivity contribution < 1.29 is 43.9 Å². The summed E-state index contributed by atoms with van der Waals surface area (Å²) in [5.74, 6) is 0. The van der Waals surface area contributed by atoms with E-state index in [-0.39, 0.29) is 5.41 Å². The third kappa shape index (κ3) is 21.5. The van der Waals surface area contributed by atoms with Crippen LogP contribution >= 0.6 is 0 Å². The van der Waals surface area contributed by atoms with Gasteiger partial charge in [-0.05, 0) is 89.1 Å². The molecule has 0 rings (SSSR count). The Morgan fingerprint density at radius 3 is 0.843 bits per heavy atom. The first-order chi connectivity index (χ1) is 24.1. The van der Waals surface area contributed by atoms with Gasteiger partial charge in [-0.25, -0.2) is 0 Å². The van der Waals surface area contributed by atoms with Crippen LogP contribution in [0.1, 0.15) is 109 Å². The summed E-state index contributed by atoms with van der Waals surface area (Å²) in [5, 5.41) is 0. The minimum Gasteiger partial charge on any atom is -0.456 e. The molecule has 10 nitrogen and oxygen atoms in total. The highest BCUT2D eigenvalue weighted by atomic mass is 28.4. The topological polar surface area (TPSA) is 92.3 Å². The standard InChI is InChI=1S/C36H84O10Si5/c1-37-49(38-2,39-3)33-25-29-36(30-26-34-50(40-4,41-5)42-6,31-27-35-51(43-7,44-8)45-9)28-23-21-19-17-15-16-18-20-22-24-32-48(13,14)46-47(10,11)12/h15-35H2,1-14H3. The normalized spacial score (nSPS) is 13.8. The smallest absolute Gasteiger partial charge is 0.456 e. The highest BCUT2D eigenvalue weighted by Gasteiger charge is 2.42. The van der Waals surface area contributed by atoms with Crippen molar-refractivity contribution in [3.63, 3.8) is 0 Å². The molecule has 0 aliphatic heterocycles. The van der Waals surface area contributed by atoms with Gasteiger partial charge in [0.25, 0.3) is 0 Å². The summed E-state index contributed by atoms with van der Waals surface area (Å²) < 4.78 is 58.7. The predicted molar refractivity (Wildman–Crippen MR) is 222 cm³/mol. The molecule has 0 amide bonds. The molecule has 0 saturated carbocycles. The molecular formula is C36H84O10Si5. The Bertz CT molecular complexity index is 748. The maximum atomic E-state index is 6.51. The molecule has 0 radical (unpaired) electrons. The summed E-state index contributed by atoms with van der Waals surface area (Å²) in [6.45, 7) is 11.8. The van der Waals surface area contributed by atoms with E-state index in [1.807, 2.05) is 0 Å². The Morgan fingerprint density at radius 1 is 0.314 bits per heavy atom. The van der Waals surface area contributed by atoms with E-state index < -0.39 is 43.0 Å². The van der Waals surface area contributed by atoms with Crippen molar-refractivity contribution in [1.82, 2.24) is 0 Å². The van der Waals surface area contributed by atoms with Crippen LogP contribution in [0.3, 0.4) is 0 Å². The van der Waals surface area contributed by atoms with Crippen molar-refractivity contribution in [2.75, 3.05) is 64.0 Å². The van der Waals surface area contributed by atoms with Gasteiger partial charge in [0.05, 0.1) is 0 Å². The Hall–Kier alpha value is 0.684. The van der Waals surface area contributed by atoms with Crippen molar-refractivity contribution in [1.29, 1.82) is 0 Å². The maximum absolute atomic E-state index is 6.51. The summed E-state index contributed by atoms with van der Waals surface area (Å²) in [7, 11) is 4.40. The molecule has 0 unspecified atom stereocenters. The largest absolute Gasteiger partial charge is 0.500 e. The monoisotopic (exact) mass is 816 g/mol. The highest BCUT2D eigenvalue weighted by Crippen LogP contribution is 2.43. The van der Waals surface area contributed by atoms with Crippen LogP contribution in [0.4, 0.5) is 0 Å². The van der Waals surface area contributed by atoms with Gasteiger partial charge in [-0.2, -0.15) is 0 Å². The van der Waals surface area contributed by atoms with Crippen molar-refractivity contribution in [3.05, 3.63) is 0 Å². The Kier molecular flexibility index (Phi) is 27.7. The number of hydrogen-bond acceptors (Lipinski definition) is 10. The quantitative estimate of drug-likeness (QED) is 0.0450. The second kappa shape index (κ2) is 27.3. The third-order valence-electron chi connectivity index (χ3n) is 10.7. The van der Waals surface area contributed by atoms with Gasteiger partial charge in [0.2, 0.25) is 0 Å². The van der Waals surface area contributed by atoms with Crippen LogP contribution < -0.4 is 0 Å². The predicted octanol–water partition coefficient (Wildman–Crippen LogP) is 10.3. The molecule has 308 valence electrons. The zero-order valence-electron chi connectivity index (χ0n) is 35.9. The lowest BCUT2D eigenvalue weighted by molar-refractivity contribution is 0.111. The summed E-state index contributed by atoms with van der Waals surface area (Å²) >= 11 is 0. The summed E-state index contributed by atoms with van der Waals surface area (Å²) in [4.78, 5) is 0. The fraction of sp³-hybridized carbons (Fsp3) is 1.00. The molecule has 0 aromatic heterocycles. The highest BCUT2D eigenvalue weighted by molar-refractivity contribution is 6.84. The van der Waals surface area contributed by atoms with Gasteiger partial charge in [-0.15, -0.1) is 0 Å². The molecule has 0 aromatic carbocycles. The van der Waals surface area contributed by atoms with Crippen LogP contribution in [0.5, 0.6) is 0 Å². The zero-order valence-corrected chi connectivity index (χ0v) is 40.9. The molecule has 0 atom stereocenters. The summed E-state index contributed by atoms with van der Waals surface area (Å²) in [5.41, 5.74) is 0.137. The molecule has 0 spiro atoms. The SMILES string of the molecule is CO[Si](CCCC(CCCCCCCCCCCC[Si](C)(C)O[Si](C)(C)C)(CCC[Si](OC)(OC)OC)CCC[Si](OC)(OC)OC)(OC)OC. The lowest BCUT2D eigenvalue weighted by Gasteiger charge is -2.37. The molecule has 0 aliphatic rings. The minimum absolute atomic E-state index is 0.137. The van der Waals surface area contributed by atoms with E-state index in [0.29, 0.717) is 0 Å². The van der Waals surface area contributed by atoms with Crippen LogP contribution in [-0.4, -0.2) is 107 Å². The van der Waals surface area contributed by atoms with Crippen LogP contribution in [0.15, 0.2) is 0 Å². The fourth-order valence-electron chi connectivity index (χ4n) is 7.80. The van der Waals surface area contributed by atoms with Gasteiger partial charge in [0.15, 0.2) is 16.6 Å². The van der Waals surface area contributed by atoms with Gasteiger partial charge < -0.3 is 43.9 Å². The van der Waals surface area contributed by atoms with Crippen LogP contribution in [0.25, 0.3) is 0 Å². The Balaban J connectivity index is 5.35. The van der Waals surface area contributed by atoms with Gasteiger partial charge in [0.1, 0.15) is 0 Å². The number of unbranched alkanes of at least 4 members (excludes halogenated alkanes) is 9. The molecule has 0 fully saturated rings. The van der Waals surface area contributed by atoms with E-state index in [9.17, 15) is 0 Å². The first-order valence-electron chi connectivity index (χ1n) is 19.7. The van der Waals surface area contributed by atoms with E-state index >= 15 is 0 Å². The fourth-order valence-corrected chi connectivity index (χ4v) is 21.1. The van der Waals surface area contributed by atoms with E-state index in [4.69, 9.17) is 43.9 Å². The van der Waals surface area contributed by atoms with Crippen LogP contribution in [0.2, 0.25) is 56.9 Å². The molecular weight excluding hydrogens is 733 g/mol. The average molecular weight is 817 g/mol. The molecule has 0 heterocycles. The molecule has 0 saturated heterocycles. The third-order valence-corrected chi connectivity index (χ3v) is 25.4. The van der Waals surface area contributed by atoms with Crippen LogP contribution in [0, 0.1) is 5.41 Å². The number of hydrogen-bond donors (Lipinski definition) is 0.